The second kappa shape index (κ2) is 11.4. The fourth-order valence-corrected chi connectivity index (χ4v) is 4.94. The zero-order valence-electron chi connectivity index (χ0n) is 19.9. The van der Waals surface area contributed by atoms with Crippen molar-refractivity contribution in [3.05, 3.63) is 59.7 Å². The first-order valence-electron chi connectivity index (χ1n) is 12.1. The van der Waals surface area contributed by atoms with Crippen molar-refractivity contribution in [1.29, 1.82) is 0 Å². The standard InChI is InChI=1S/C27H32N2O6/c1-18-10-11-19(26(31)32)16-29(18)25(30)12-14-34-15-13-28-27(33)35-17-24-22-8-4-2-6-20(22)21-7-3-5-9-23(21)24/h2-9,18-19,24H,10-17H2,1H3,(H,28,33)(H,31,32). The molecule has 0 saturated carbocycles. The Bertz CT molecular complexity index is 1030. The molecule has 4 rings (SSSR count). The quantitative estimate of drug-likeness (QED) is 0.531. The van der Waals surface area contributed by atoms with Crippen LogP contribution in [0.25, 0.3) is 11.1 Å². The Kier molecular flexibility index (Phi) is 8.02. The van der Waals surface area contributed by atoms with Crippen LogP contribution in [0, 0.1) is 5.92 Å². The minimum Gasteiger partial charge on any atom is -0.481 e. The molecule has 2 aromatic rings. The number of benzene rings is 2. The maximum Gasteiger partial charge on any atom is 0.407 e. The zero-order valence-corrected chi connectivity index (χ0v) is 19.9. The van der Waals surface area contributed by atoms with Crippen molar-refractivity contribution in [3.63, 3.8) is 0 Å². The molecule has 8 nitrogen and oxygen atoms in total. The summed E-state index contributed by atoms with van der Waals surface area (Å²) < 4.78 is 11.0. The molecule has 186 valence electrons. The summed E-state index contributed by atoms with van der Waals surface area (Å²) >= 11 is 0. The fraction of sp³-hybridized carbons (Fsp3) is 0.444. The molecule has 2 atom stereocenters. The summed E-state index contributed by atoms with van der Waals surface area (Å²) in [5, 5.41) is 11.9. The van der Waals surface area contributed by atoms with Gasteiger partial charge in [0.05, 0.1) is 25.6 Å². The van der Waals surface area contributed by atoms with Crippen LogP contribution >= 0.6 is 0 Å². The van der Waals surface area contributed by atoms with E-state index in [1.807, 2.05) is 31.2 Å². The van der Waals surface area contributed by atoms with Gasteiger partial charge in [0, 0.05) is 25.0 Å². The molecule has 1 aliphatic carbocycles. The van der Waals surface area contributed by atoms with Gasteiger partial charge in [-0.05, 0) is 42.0 Å². The number of carbonyl (C=O) groups is 3. The van der Waals surface area contributed by atoms with Crippen LogP contribution in [0.15, 0.2) is 48.5 Å². The molecule has 1 aliphatic heterocycles. The van der Waals surface area contributed by atoms with Gasteiger partial charge in [-0.15, -0.1) is 0 Å². The molecule has 8 heteroatoms. The second-order valence-corrected chi connectivity index (χ2v) is 9.12. The van der Waals surface area contributed by atoms with E-state index in [1.54, 1.807) is 4.90 Å². The van der Waals surface area contributed by atoms with Crippen LogP contribution in [0.5, 0.6) is 0 Å². The van der Waals surface area contributed by atoms with Gasteiger partial charge in [0.25, 0.3) is 0 Å². The van der Waals surface area contributed by atoms with Crippen molar-refractivity contribution in [1.82, 2.24) is 10.2 Å². The van der Waals surface area contributed by atoms with Crippen LogP contribution in [0.4, 0.5) is 4.79 Å². The molecule has 1 saturated heterocycles. The third-order valence-corrected chi connectivity index (χ3v) is 6.87. The van der Waals surface area contributed by atoms with Gasteiger partial charge in [-0.25, -0.2) is 4.79 Å². The molecule has 2 amide bonds. The Morgan fingerprint density at radius 3 is 2.31 bits per heavy atom. The van der Waals surface area contributed by atoms with Gasteiger partial charge in [0.15, 0.2) is 0 Å². The zero-order chi connectivity index (χ0) is 24.8. The Labute approximate surface area is 205 Å². The summed E-state index contributed by atoms with van der Waals surface area (Å²) in [5.41, 5.74) is 4.68. The van der Waals surface area contributed by atoms with Crippen LogP contribution in [0.1, 0.15) is 43.2 Å². The van der Waals surface area contributed by atoms with Crippen molar-refractivity contribution in [2.75, 3.05) is 32.9 Å². The summed E-state index contributed by atoms with van der Waals surface area (Å²) in [7, 11) is 0. The van der Waals surface area contributed by atoms with Gasteiger partial charge >= 0.3 is 12.1 Å². The highest BCUT2D eigenvalue weighted by Gasteiger charge is 2.32. The number of rotatable bonds is 9. The summed E-state index contributed by atoms with van der Waals surface area (Å²) in [4.78, 5) is 37.5. The van der Waals surface area contributed by atoms with Crippen LogP contribution in [0.2, 0.25) is 0 Å². The van der Waals surface area contributed by atoms with Crippen LogP contribution < -0.4 is 5.32 Å². The number of hydrogen-bond donors (Lipinski definition) is 2. The van der Waals surface area contributed by atoms with Crippen LogP contribution in [-0.4, -0.2) is 66.9 Å². The summed E-state index contributed by atoms with van der Waals surface area (Å²) in [6.45, 7) is 3.18. The largest absolute Gasteiger partial charge is 0.481 e. The van der Waals surface area contributed by atoms with E-state index in [0.717, 1.165) is 11.1 Å². The Morgan fingerprint density at radius 2 is 1.66 bits per heavy atom. The average molecular weight is 481 g/mol. The number of hydrogen-bond acceptors (Lipinski definition) is 5. The smallest absolute Gasteiger partial charge is 0.407 e. The number of carboxylic acids is 1. The first kappa shape index (κ1) is 24.7. The molecule has 0 spiro atoms. The fourth-order valence-electron chi connectivity index (χ4n) is 4.94. The first-order valence-corrected chi connectivity index (χ1v) is 12.1. The minimum atomic E-state index is -0.856. The van der Waals surface area contributed by atoms with Gasteiger partial charge < -0.3 is 24.8 Å². The molecule has 2 N–H and O–H groups in total. The Morgan fingerprint density at radius 1 is 1.00 bits per heavy atom. The molecule has 1 heterocycles. The average Bonchev–Trinajstić information content (AvgIpc) is 3.18. The number of piperidine rings is 1. The number of nitrogens with one attached hydrogen (secondary N) is 1. The molecule has 2 unspecified atom stereocenters. The van der Waals surface area contributed by atoms with E-state index in [-0.39, 0.29) is 57.2 Å². The van der Waals surface area contributed by atoms with Gasteiger partial charge in [0.2, 0.25) is 5.91 Å². The number of carboxylic acid groups (broad SMARTS) is 1. The normalized spacial score (nSPS) is 19.1. The van der Waals surface area contributed by atoms with Gasteiger partial charge in [0.1, 0.15) is 6.61 Å². The van der Waals surface area contributed by atoms with Gasteiger partial charge in [-0.1, -0.05) is 48.5 Å². The Hall–Kier alpha value is -3.39. The lowest BCUT2D eigenvalue weighted by atomic mass is 9.93. The van der Waals surface area contributed by atoms with Crippen molar-refractivity contribution in [3.8, 4) is 11.1 Å². The highest BCUT2D eigenvalue weighted by Crippen LogP contribution is 2.44. The number of nitrogens with zero attached hydrogens (tertiary/aromatic N) is 1. The minimum absolute atomic E-state index is 0.00770. The number of amides is 2. The number of likely N-dealkylation sites (tertiary alicyclic amines) is 1. The molecule has 2 aliphatic rings. The molecule has 0 radical (unpaired) electrons. The number of ether oxygens (including phenoxy) is 2. The lowest BCUT2D eigenvalue weighted by Crippen LogP contribution is -2.47. The van der Waals surface area contributed by atoms with Crippen molar-refractivity contribution in [2.45, 2.75) is 38.1 Å². The summed E-state index contributed by atoms with van der Waals surface area (Å²) in [6.07, 6.45) is 0.960. The maximum absolute atomic E-state index is 12.5. The van der Waals surface area contributed by atoms with E-state index in [2.05, 4.69) is 29.6 Å². The molecule has 0 aromatic heterocycles. The van der Waals surface area contributed by atoms with E-state index in [4.69, 9.17) is 9.47 Å². The SMILES string of the molecule is CC1CCC(C(=O)O)CN1C(=O)CCOCCNC(=O)OCC1c2ccccc2-c2ccccc21. The summed E-state index contributed by atoms with van der Waals surface area (Å²) in [6, 6.07) is 16.4. The summed E-state index contributed by atoms with van der Waals surface area (Å²) in [5.74, 6) is -1.45. The number of alkyl carbamates (subject to hydrolysis) is 1. The predicted molar refractivity (Wildman–Crippen MR) is 130 cm³/mol. The number of carbonyl (C=O) groups excluding carboxylic acids is 2. The third kappa shape index (κ3) is 5.82. The van der Waals surface area contributed by atoms with Crippen molar-refractivity contribution >= 4 is 18.0 Å². The van der Waals surface area contributed by atoms with Crippen molar-refractivity contribution < 1.29 is 29.0 Å². The van der Waals surface area contributed by atoms with Crippen molar-refractivity contribution in [2.24, 2.45) is 5.92 Å². The topological polar surface area (TPSA) is 105 Å². The third-order valence-electron chi connectivity index (χ3n) is 6.87. The van der Waals surface area contributed by atoms with E-state index in [0.29, 0.717) is 12.8 Å². The van der Waals surface area contributed by atoms with Crippen LogP contribution in [-0.2, 0) is 19.1 Å². The van der Waals surface area contributed by atoms with E-state index in [9.17, 15) is 19.5 Å². The molecular formula is C27H32N2O6. The predicted octanol–water partition coefficient (Wildman–Crippen LogP) is 3.64. The Balaban J connectivity index is 1.14. The lowest BCUT2D eigenvalue weighted by molar-refractivity contribution is -0.147. The van der Waals surface area contributed by atoms with Gasteiger partial charge in [-0.2, -0.15) is 0 Å². The van der Waals surface area contributed by atoms with Crippen LogP contribution in [0.3, 0.4) is 0 Å². The number of fused-ring (bicyclic) bond motifs is 3. The molecular weight excluding hydrogens is 448 g/mol. The lowest BCUT2D eigenvalue weighted by Gasteiger charge is -2.36. The molecule has 35 heavy (non-hydrogen) atoms. The monoisotopic (exact) mass is 480 g/mol. The van der Waals surface area contributed by atoms with E-state index in [1.165, 1.54) is 11.1 Å². The van der Waals surface area contributed by atoms with E-state index >= 15 is 0 Å². The molecule has 1 fully saturated rings. The molecule has 0 bridgehead atoms. The molecule has 2 aromatic carbocycles. The first-order chi connectivity index (χ1) is 17.0. The highest BCUT2D eigenvalue weighted by molar-refractivity contribution is 5.79. The maximum atomic E-state index is 12.5. The van der Waals surface area contributed by atoms with E-state index < -0.39 is 18.0 Å². The number of aliphatic carboxylic acids is 1. The highest BCUT2D eigenvalue weighted by atomic mass is 16.5. The second-order valence-electron chi connectivity index (χ2n) is 9.12. The van der Waals surface area contributed by atoms with Gasteiger partial charge in [-0.3, -0.25) is 9.59 Å².